The largest absolute Gasteiger partial charge is 0.381 e. The monoisotopic (exact) mass is 359 g/mol. The highest BCUT2D eigenvalue weighted by atomic mass is 16.5. The van der Waals surface area contributed by atoms with Gasteiger partial charge in [-0.3, -0.25) is 14.7 Å². The average molecular weight is 359 g/mol. The molecule has 1 amide bonds. The smallest absolute Gasteiger partial charge is 0.227 e. The second-order valence-electron chi connectivity index (χ2n) is 7.80. The van der Waals surface area contributed by atoms with Gasteiger partial charge in [0.2, 0.25) is 5.91 Å². The van der Waals surface area contributed by atoms with Gasteiger partial charge in [0.15, 0.2) is 0 Å². The summed E-state index contributed by atoms with van der Waals surface area (Å²) < 4.78 is 11.4. The highest BCUT2D eigenvalue weighted by Gasteiger charge is 2.48. The Morgan fingerprint density at radius 3 is 2.96 bits per heavy atom. The first-order chi connectivity index (χ1) is 12.7. The van der Waals surface area contributed by atoms with E-state index in [1.54, 1.807) is 0 Å². The second kappa shape index (κ2) is 8.03. The minimum atomic E-state index is -0.0774. The maximum absolute atomic E-state index is 12.8. The molecule has 0 radical (unpaired) electrons. The van der Waals surface area contributed by atoms with E-state index in [1.165, 1.54) is 5.56 Å². The number of aromatic nitrogens is 1. The third-order valence-corrected chi connectivity index (χ3v) is 6.11. The first-order valence-electron chi connectivity index (χ1n) is 9.84. The predicted molar refractivity (Wildman–Crippen MR) is 97.6 cm³/mol. The molecule has 6 heteroatoms. The maximum Gasteiger partial charge on any atom is 0.227 e. The van der Waals surface area contributed by atoms with Gasteiger partial charge in [0, 0.05) is 51.7 Å². The minimum absolute atomic E-state index is 0.0220. The second-order valence-corrected chi connectivity index (χ2v) is 7.80. The van der Waals surface area contributed by atoms with E-state index < -0.39 is 0 Å². The fourth-order valence-corrected chi connectivity index (χ4v) is 4.48. The average Bonchev–Trinajstić information content (AvgIpc) is 3.26. The van der Waals surface area contributed by atoms with E-state index in [0.717, 1.165) is 64.4 Å². The molecule has 3 atom stereocenters. The topological polar surface area (TPSA) is 63.7 Å². The number of fused-ring (bicyclic) bond motifs is 1. The van der Waals surface area contributed by atoms with E-state index in [9.17, 15) is 4.79 Å². The number of ether oxygens (including phenoxy) is 2. The van der Waals surface area contributed by atoms with Crippen LogP contribution in [0.5, 0.6) is 0 Å². The van der Waals surface area contributed by atoms with Crippen molar-refractivity contribution in [2.75, 3.05) is 32.9 Å². The van der Waals surface area contributed by atoms with Gasteiger partial charge in [-0.1, -0.05) is 6.07 Å². The molecule has 0 aliphatic carbocycles. The molecule has 3 fully saturated rings. The normalized spacial score (nSPS) is 29.7. The Balaban J connectivity index is 1.37. The van der Waals surface area contributed by atoms with Gasteiger partial charge in [0.05, 0.1) is 17.7 Å². The quantitative estimate of drug-likeness (QED) is 0.864. The van der Waals surface area contributed by atoms with Crippen LogP contribution in [0, 0.1) is 18.8 Å². The van der Waals surface area contributed by atoms with E-state index in [4.69, 9.17) is 9.47 Å². The zero-order valence-electron chi connectivity index (χ0n) is 15.5. The number of carbonyl (C=O) groups is 1. The molecule has 1 aromatic heterocycles. The molecular weight excluding hydrogens is 330 g/mol. The highest BCUT2D eigenvalue weighted by molar-refractivity contribution is 5.80. The zero-order chi connectivity index (χ0) is 17.9. The van der Waals surface area contributed by atoms with Crippen LogP contribution in [0.25, 0.3) is 0 Å². The summed E-state index contributed by atoms with van der Waals surface area (Å²) in [7, 11) is 0. The maximum atomic E-state index is 12.8. The van der Waals surface area contributed by atoms with Crippen molar-refractivity contribution in [1.29, 1.82) is 0 Å². The van der Waals surface area contributed by atoms with E-state index >= 15 is 0 Å². The van der Waals surface area contributed by atoms with E-state index in [1.807, 2.05) is 12.3 Å². The summed E-state index contributed by atoms with van der Waals surface area (Å²) in [6, 6.07) is 4.39. The van der Waals surface area contributed by atoms with Crippen LogP contribution in [0.3, 0.4) is 0 Å². The summed E-state index contributed by atoms with van der Waals surface area (Å²) in [5.41, 5.74) is 2.30. The molecule has 0 saturated carbocycles. The molecule has 1 N–H and O–H groups in total. The molecule has 26 heavy (non-hydrogen) atoms. The summed E-state index contributed by atoms with van der Waals surface area (Å²) in [5.74, 6) is 0.613. The third-order valence-electron chi connectivity index (χ3n) is 6.11. The van der Waals surface area contributed by atoms with E-state index in [2.05, 4.69) is 28.2 Å². The van der Waals surface area contributed by atoms with Gasteiger partial charge in [-0.2, -0.15) is 0 Å². The number of aryl methyl sites for hydroxylation is 1. The van der Waals surface area contributed by atoms with Crippen molar-refractivity contribution in [3.8, 4) is 0 Å². The molecule has 6 nitrogen and oxygen atoms in total. The van der Waals surface area contributed by atoms with Crippen LogP contribution >= 0.6 is 0 Å². The van der Waals surface area contributed by atoms with Gasteiger partial charge >= 0.3 is 0 Å². The molecule has 3 saturated heterocycles. The number of rotatable bonds is 5. The van der Waals surface area contributed by atoms with Gasteiger partial charge in [-0.05, 0) is 43.7 Å². The van der Waals surface area contributed by atoms with Gasteiger partial charge in [-0.15, -0.1) is 0 Å². The summed E-state index contributed by atoms with van der Waals surface area (Å²) >= 11 is 0. The third kappa shape index (κ3) is 3.77. The number of hydrogen-bond acceptors (Lipinski definition) is 5. The fraction of sp³-hybridized carbons (Fsp3) is 0.700. The Morgan fingerprint density at radius 2 is 2.15 bits per heavy atom. The number of amides is 1. The summed E-state index contributed by atoms with van der Waals surface area (Å²) in [4.78, 5) is 19.8. The number of nitrogens with one attached hydrogen (secondary N) is 1. The Morgan fingerprint density at radius 1 is 1.31 bits per heavy atom. The Labute approximate surface area is 155 Å². The zero-order valence-corrected chi connectivity index (χ0v) is 15.5. The number of likely N-dealkylation sites (tertiary alicyclic amines) is 1. The van der Waals surface area contributed by atoms with Crippen molar-refractivity contribution in [3.05, 3.63) is 29.6 Å². The fourth-order valence-electron chi connectivity index (χ4n) is 4.48. The van der Waals surface area contributed by atoms with Crippen LogP contribution in [-0.2, 0) is 20.8 Å². The Bertz CT molecular complexity index is 632. The van der Waals surface area contributed by atoms with Crippen molar-refractivity contribution in [2.45, 2.75) is 44.9 Å². The van der Waals surface area contributed by atoms with E-state index in [0.29, 0.717) is 12.0 Å². The Hall–Kier alpha value is -1.50. The molecule has 4 rings (SSSR count). The van der Waals surface area contributed by atoms with Crippen molar-refractivity contribution >= 4 is 5.91 Å². The molecule has 3 aliphatic heterocycles. The van der Waals surface area contributed by atoms with Crippen molar-refractivity contribution in [3.63, 3.8) is 0 Å². The van der Waals surface area contributed by atoms with Gasteiger partial charge in [-0.25, -0.2) is 0 Å². The molecule has 0 spiro atoms. The highest BCUT2D eigenvalue weighted by Crippen LogP contribution is 2.34. The van der Waals surface area contributed by atoms with Gasteiger partial charge in [0.1, 0.15) is 0 Å². The van der Waals surface area contributed by atoms with Gasteiger partial charge < -0.3 is 14.8 Å². The number of nitrogens with zero attached hydrogens (tertiary/aromatic N) is 2. The summed E-state index contributed by atoms with van der Waals surface area (Å²) in [5, 5.41) is 3.19. The lowest BCUT2D eigenvalue weighted by Gasteiger charge is -2.23. The first-order valence-corrected chi connectivity index (χ1v) is 9.84. The molecule has 1 aromatic rings. The van der Waals surface area contributed by atoms with Crippen LogP contribution < -0.4 is 5.32 Å². The molecule has 3 aliphatic rings. The molecule has 0 bridgehead atoms. The van der Waals surface area contributed by atoms with E-state index in [-0.39, 0.29) is 17.9 Å². The molecular formula is C20H29N3O3. The van der Waals surface area contributed by atoms with Crippen LogP contribution in [-0.4, -0.2) is 60.8 Å². The van der Waals surface area contributed by atoms with Crippen molar-refractivity contribution in [2.24, 2.45) is 11.8 Å². The lowest BCUT2D eigenvalue weighted by molar-refractivity contribution is -0.128. The lowest BCUT2D eigenvalue weighted by Crippen LogP contribution is -2.40. The van der Waals surface area contributed by atoms with Gasteiger partial charge in [0.25, 0.3) is 0 Å². The van der Waals surface area contributed by atoms with Crippen LogP contribution in [0.15, 0.2) is 18.3 Å². The molecule has 142 valence electrons. The Kier molecular flexibility index (Phi) is 5.52. The standard InChI is InChI=1S/C20H29N3O3/c1-14-3-2-7-21-17(14)13-23-12-16(19-18(23)6-10-26-19)20(24)22-11-15-4-8-25-9-5-15/h2-3,7,15-16,18-19H,4-6,8-13H2,1H3,(H,22,24)/t16-,18+,19+/m0/s1. The van der Waals surface area contributed by atoms with Crippen LogP contribution in [0.2, 0.25) is 0 Å². The van der Waals surface area contributed by atoms with Crippen molar-refractivity contribution < 1.29 is 14.3 Å². The number of hydrogen-bond donors (Lipinski definition) is 1. The molecule has 0 aromatic carbocycles. The minimum Gasteiger partial charge on any atom is -0.381 e. The van der Waals surface area contributed by atoms with Crippen LogP contribution in [0.1, 0.15) is 30.5 Å². The first kappa shape index (κ1) is 17.9. The summed E-state index contributed by atoms with van der Waals surface area (Å²) in [6.45, 7) is 6.78. The molecule has 4 heterocycles. The predicted octanol–water partition coefficient (Wildman–Crippen LogP) is 1.52. The van der Waals surface area contributed by atoms with Crippen molar-refractivity contribution in [1.82, 2.24) is 15.2 Å². The number of carbonyl (C=O) groups excluding carboxylic acids is 1. The SMILES string of the molecule is Cc1cccnc1CN1C[C@H](C(=O)NCC2CCOCC2)[C@H]2OCC[C@H]21. The lowest BCUT2D eigenvalue weighted by atomic mass is 9.98. The van der Waals surface area contributed by atoms with Crippen LogP contribution in [0.4, 0.5) is 0 Å². The number of pyridine rings is 1. The summed E-state index contributed by atoms with van der Waals surface area (Å²) in [6.07, 6.45) is 4.95. The molecule has 0 unspecified atom stereocenters.